The van der Waals surface area contributed by atoms with Crippen molar-refractivity contribution < 1.29 is 9.15 Å². The number of fused-ring (bicyclic) bond motifs is 1. The lowest BCUT2D eigenvalue weighted by molar-refractivity contribution is 0.414. The van der Waals surface area contributed by atoms with Gasteiger partial charge in [-0.05, 0) is 54.8 Å². The number of hydrogen-bond donors (Lipinski definition) is 0. The zero-order valence-corrected chi connectivity index (χ0v) is 16.8. The highest BCUT2D eigenvalue weighted by Crippen LogP contribution is 2.28. The van der Waals surface area contributed by atoms with E-state index in [1.165, 1.54) is 6.07 Å². The first-order valence-electron chi connectivity index (χ1n) is 8.63. The van der Waals surface area contributed by atoms with E-state index in [1.54, 1.807) is 7.11 Å². The third-order valence-corrected chi connectivity index (χ3v) is 5.18. The molecule has 3 aromatic rings. The van der Waals surface area contributed by atoms with Crippen molar-refractivity contribution in [1.29, 1.82) is 0 Å². The minimum Gasteiger partial charge on any atom is -0.497 e. The maximum absolute atomic E-state index is 11.7. The molecule has 0 N–H and O–H groups in total. The van der Waals surface area contributed by atoms with Crippen molar-refractivity contribution in [2.24, 2.45) is 0 Å². The average Bonchev–Trinajstić information content (AvgIpc) is 2.62. The summed E-state index contributed by atoms with van der Waals surface area (Å²) in [5, 5.41) is 0.965. The Hall–Kier alpha value is -2.27. The third kappa shape index (κ3) is 3.93. The van der Waals surface area contributed by atoms with Gasteiger partial charge in [-0.1, -0.05) is 22.9 Å². The van der Waals surface area contributed by atoms with Gasteiger partial charge in [-0.3, -0.25) is 0 Å². The van der Waals surface area contributed by atoms with Gasteiger partial charge in [-0.2, -0.15) is 0 Å². The molecule has 0 saturated carbocycles. The van der Waals surface area contributed by atoms with Crippen LogP contribution in [0.4, 0.5) is 5.69 Å². The summed E-state index contributed by atoms with van der Waals surface area (Å²) in [4.78, 5) is 14.0. The van der Waals surface area contributed by atoms with Gasteiger partial charge in [0.2, 0.25) is 0 Å². The number of hydrogen-bond acceptors (Lipinski definition) is 4. The van der Waals surface area contributed by atoms with E-state index in [-0.39, 0.29) is 5.63 Å². The normalized spacial score (nSPS) is 10.9. The molecule has 0 unspecified atom stereocenters. The van der Waals surface area contributed by atoms with Crippen LogP contribution in [-0.2, 0) is 6.54 Å². The number of nitrogens with zero attached hydrogens (tertiary/aromatic N) is 1. The molecule has 0 fully saturated rings. The number of ether oxygens (including phenoxy) is 1. The van der Waals surface area contributed by atoms with Crippen LogP contribution in [0.5, 0.6) is 5.75 Å². The Morgan fingerprint density at radius 2 is 1.96 bits per heavy atom. The first-order chi connectivity index (χ1) is 12.5. The van der Waals surface area contributed by atoms with Crippen molar-refractivity contribution >= 4 is 32.6 Å². The molecule has 0 amide bonds. The van der Waals surface area contributed by atoms with Crippen LogP contribution in [0.2, 0.25) is 0 Å². The lowest BCUT2D eigenvalue weighted by Crippen LogP contribution is -2.23. The lowest BCUT2D eigenvalue weighted by atomic mass is 10.1. The molecule has 0 aliphatic rings. The molecular formula is C21H22BrNO3. The Balaban J connectivity index is 2.00. The second-order valence-electron chi connectivity index (χ2n) is 6.31. The minimum atomic E-state index is -0.315. The molecule has 3 rings (SSSR count). The Bertz CT molecular complexity index is 981. The van der Waals surface area contributed by atoms with Gasteiger partial charge in [0.05, 0.1) is 7.11 Å². The molecule has 4 nitrogen and oxygen atoms in total. The minimum absolute atomic E-state index is 0.315. The van der Waals surface area contributed by atoms with Crippen molar-refractivity contribution in [1.82, 2.24) is 0 Å². The molecule has 0 aliphatic heterocycles. The molecule has 0 atom stereocenters. The summed E-state index contributed by atoms with van der Waals surface area (Å²) in [5.41, 5.74) is 3.41. The van der Waals surface area contributed by atoms with E-state index in [4.69, 9.17) is 9.15 Å². The van der Waals surface area contributed by atoms with Gasteiger partial charge < -0.3 is 14.1 Å². The fraction of sp³-hybridized carbons (Fsp3) is 0.286. The van der Waals surface area contributed by atoms with Crippen molar-refractivity contribution in [3.63, 3.8) is 0 Å². The van der Waals surface area contributed by atoms with Crippen LogP contribution in [0.3, 0.4) is 0 Å². The fourth-order valence-electron chi connectivity index (χ4n) is 3.08. The van der Waals surface area contributed by atoms with Crippen molar-refractivity contribution in [3.05, 3.63) is 68.5 Å². The van der Waals surface area contributed by atoms with Gasteiger partial charge in [0.1, 0.15) is 11.3 Å². The zero-order chi connectivity index (χ0) is 18.7. The number of rotatable bonds is 6. The maximum atomic E-state index is 11.7. The SMILES string of the molecule is CCCN(Cc1cc(OC)ccc1Br)c1ccc2c(C)cc(=O)oc2c1. The van der Waals surface area contributed by atoms with E-state index in [0.29, 0.717) is 5.58 Å². The third-order valence-electron chi connectivity index (χ3n) is 4.41. The summed E-state index contributed by atoms with van der Waals surface area (Å²) >= 11 is 3.63. The van der Waals surface area contributed by atoms with Gasteiger partial charge in [0, 0.05) is 40.8 Å². The first-order valence-corrected chi connectivity index (χ1v) is 9.43. The van der Waals surface area contributed by atoms with Crippen LogP contribution in [0.25, 0.3) is 11.0 Å². The highest BCUT2D eigenvalue weighted by molar-refractivity contribution is 9.10. The largest absolute Gasteiger partial charge is 0.497 e. The number of aryl methyl sites for hydroxylation is 1. The molecule has 0 saturated heterocycles. The van der Waals surface area contributed by atoms with Gasteiger partial charge >= 0.3 is 5.63 Å². The van der Waals surface area contributed by atoms with Crippen LogP contribution in [0.1, 0.15) is 24.5 Å². The van der Waals surface area contributed by atoms with E-state index < -0.39 is 0 Å². The van der Waals surface area contributed by atoms with E-state index >= 15 is 0 Å². The quantitative estimate of drug-likeness (QED) is 0.513. The number of methoxy groups -OCH3 is 1. The zero-order valence-electron chi connectivity index (χ0n) is 15.2. The summed E-state index contributed by atoms with van der Waals surface area (Å²) in [6, 6.07) is 13.6. The number of halogens is 1. The number of anilines is 1. The standard InChI is InChI=1S/C21H22BrNO3/c1-4-9-23(13-15-11-17(25-3)6-8-19(15)22)16-5-7-18-14(2)10-21(24)26-20(18)12-16/h5-8,10-12H,4,9,13H2,1-3H3. The van der Waals surface area contributed by atoms with Gasteiger partial charge in [0.25, 0.3) is 0 Å². The monoisotopic (exact) mass is 415 g/mol. The fourth-order valence-corrected chi connectivity index (χ4v) is 3.46. The predicted molar refractivity (Wildman–Crippen MR) is 109 cm³/mol. The maximum Gasteiger partial charge on any atom is 0.336 e. The van der Waals surface area contributed by atoms with Crippen molar-refractivity contribution in [3.8, 4) is 5.75 Å². The summed E-state index contributed by atoms with van der Waals surface area (Å²) in [6.45, 7) is 5.70. The van der Waals surface area contributed by atoms with Crippen molar-refractivity contribution in [2.75, 3.05) is 18.6 Å². The molecule has 0 aliphatic carbocycles. The Labute approximate surface area is 161 Å². The summed E-state index contributed by atoms with van der Waals surface area (Å²) in [6.07, 6.45) is 1.01. The second kappa shape index (κ2) is 7.96. The van der Waals surface area contributed by atoms with Crippen molar-refractivity contribution in [2.45, 2.75) is 26.8 Å². The highest BCUT2D eigenvalue weighted by atomic mass is 79.9. The summed E-state index contributed by atoms with van der Waals surface area (Å²) in [7, 11) is 1.67. The summed E-state index contributed by atoms with van der Waals surface area (Å²) in [5.74, 6) is 0.833. The van der Waals surface area contributed by atoms with Gasteiger partial charge in [-0.25, -0.2) is 4.79 Å². The molecule has 0 bridgehead atoms. The Kier molecular flexibility index (Phi) is 5.67. The second-order valence-corrected chi connectivity index (χ2v) is 7.16. The van der Waals surface area contributed by atoms with E-state index in [1.807, 2.05) is 37.3 Å². The molecule has 26 heavy (non-hydrogen) atoms. The first kappa shape index (κ1) is 18.5. The molecular weight excluding hydrogens is 394 g/mol. The molecule has 0 spiro atoms. The van der Waals surface area contributed by atoms with E-state index in [0.717, 1.165) is 51.9 Å². The molecule has 5 heteroatoms. The van der Waals surface area contributed by atoms with Crippen LogP contribution in [0.15, 0.2) is 56.1 Å². The Morgan fingerprint density at radius 3 is 2.69 bits per heavy atom. The highest BCUT2D eigenvalue weighted by Gasteiger charge is 2.12. The lowest BCUT2D eigenvalue weighted by Gasteiger charge is -2.25. The smallest absolute Gasteiger partial charge is 0.336 e. The van der Waals surface area contributed by atoms with E-state index in [9.17, 15) is 4.79 Å². The molecule has 136 valence electrons. The van der Waals surface area contributed by atoms with Crippen LogP contribution >= 0.6 is 15.9 Å². The average molecular weight is 416 g/mol. The molecule has 1 aromatic heterocycles. The molecule has 1 heterocycles. The van der Waals surface area contributed by atoms with Crippen LogP contribution < -0.4 is 15.3 Å². The predicted octanol–water partition coefficient (Wildman–Crippen LogP) is 5.29. The molecule has 0 radical (unpaired) electrons. The van der Waals surface area contributed by atoms with Gasteiger partial charge in [0.15, 0.2) is 0 Å². The van der Waals surface area contributed by atoms with Crippen LogP contribution in [0, 0.1) is 6.92 Å². The topological polar surface area (TPSA) is 42.7 Å². The summed E-state index contributed by atoms with van der Waals surface area (Å²) < 4.78 is 11.8. The van der Waals surface area contributed by atoms with Crippen LogP contribution in [-0.4, -0.2) is 13.7 Å². The number of benzene rings is 2. The van der Waals surface area contributed by atoms with Gasteiger partial charge in [-0.15, -0.1) is 0 Å². The Morgan fingerprint density at radius 1 is 1.15 bits per heavy atom. The van der Waals surface area contributed by atoms with E-state index in [2.05, 4.69) is 33.8 Å². The molecule has 2 aromatic carbocycles.